The Morgan fingerprint density at radius 1 is 1.11 bits per heavy atom. The third-order valence-electron chi connectivity index (χ3n) is 6.67. The summed E-state index contributed by atoms with van der Waals surface area (Å²) in [4.78, 5) is 17.9. The third-order valence-corrected chi connectivity index (χ3v) is 7.44. The van der Waals surface area contributed by atoms with E-state index in [1.807, 2.05) is 0 Å². The van der Waals surface area contributed by atoms with Crippen molar-refractivity contribution in [2.24, 2.45) is 0 Å². The summed E-state index contributed by atoms with van der Waals surface area (Å²) in [7, 11) is 2.24. The molecule has 1 aliphatic heterocycles. The van der Waals surface area contributed by atoms with Gasteiger partial charge in [0.05, 0.1) is 10.7 Å². The molecule has 2 fully saturated rings. The van der Waals surface area contributed by atoms with Gasteiger partial charge in [0.25, 0.3) is 0 Å². The minimum absolute atomic E-state index is 0.639. The summed E-state index contributed by atoms with van der Waals surface area (Å²) >= 11 is 1.70. The molecule has 4 heterocycles. The molecule has 3 aromatic heterocycles. The fraction of sp³-hybridized carbons (Fsp3) is 0.545. The molecule has 0 bridgehead atoms. The molecule has 0 amide bonds. The molecule has 5 rings (SSSR count). The lowest BCUT2D eigenvalue weighted by Crippen LogP contribution is -2.49. The minimum atomic E-state index is 0.639. The molecule has 1 saturated carbocycles. The standard InChI is InChI=1S/C22H29N5S/c1-15-25-21(14-28-15)20-13-24-22-19(20)11-17(12-23-22)16-3-5-18(6-4-16)27-9-7-26(2)8-10-27/h11-14,16,18H,3-10H2,1-2H3,(H,23,24). The van der Waals surface area contributed by atoms with Crippen LogP contribution in [0.15, 0.2) is 23.8 Å². The van der Waals surface area contributed by atoms with E-state index in [2.05, 4.69) is 57.6 Å². The first-order chi connectivity index (χ1) is 13.7. The summed E-state index contributed by atoms with van der Waals surface area (Å²) < 4.78 is 0. The lowest BCUT2D eigenvalue weighted by atomic mass is 9.81. The molecule has 28 heavy (non-hydrogen) atoms. The number of rotatable bonds is 3. The molecule has 1 N–H and O–H groups in total. The monoisotopic (exact) mass is 395 g/mol. The molecule has 0 atom stereocenters. The van der Waals surface area contributed by atoms with Crippen LogP contribution in [0.5, 0.6) is 0 Å². The first kappa shape index (κ1) is 18.3. The lowest BCUT2D eigenvalue weighted by molar-refractivity contribution is 0.0878. The molecule has 5 nitrogen and oxygen atoms in total. The number of aromatic amines is 1. The van der Waals surface area contributed by atoms with Crippen molar-refractivity contribution in [3.05, 3.63) is 34.4 Å². The van der Waals surface area contributed by atoms with Crippen molar-refractivity contribution in [1.82, 2.24) is 24.8 Å². The SMILES string of the molecule is Cc1nc(-c2c[nH]c3ncc(C4CCC(N5CCN(C)CC5)CC4)cc23)cs1. The van der Waals surface area contributed by atoms with Crippen molar-refractivity contribution in [2.75, 3.05) is 33.2 Å². The summed E-state index contributed by atoms with van der Waals surface area (Å²) in [5.41, 5.74) is 4.61. The number of aromatic nitrogens is 3. The Morgan fingerprint density at radius 3 is 2.61 bits per heavy atom. The smallest absolute Gasteiger partial charge is 0.137 e. The number of likely N-dealkylation sites (N-methyl/N-ethyl adjacent to an activating group) is 1. The second-order valence-corrected chi connectivity index (χ2v) is 9.53. The second kappa shape index (κ2) is 7.58. The van der Waals surface area contributed by atoms with Crippen LogP contribution in [0.4, 0.5) is 0 Å². The zero-order valence-electron chi connectivity index (χ0n) is 16.8. The van der Waals surface area contributed by atoms with E-state index in [9.17, 15) is 0 Å². The number of piperazine rings is 1. The zero-order chi connectivity index (χ0) is 19.1. The average molecular weight is 396 g/mol. The molecule has 1 aliphatic carbocycles. The van der Waals surface area contributed by atoms with Crippen LogP contribution in [0.3, 0.4) is 0 Å². The van der Waals surface area contributed by atoms with Gasteiger partial charge in [0.15, 0.2) is 0 Å². The van der Waals surface area contributed by atoms with Gasteiger partial charge in [-0.25, -0.2) is 9.97 Å². The maximum Gasteiger partial charge on any atom is 0.137 e. The predicted octanol–water partition coefficient (Wildman–Crippen LogP) is 4.27. The summed E-state index contributed by atoms with van der Waals surface area (Å²) in [5.74, 6) is 0.639. The molecule has 0 radical (unpaired) electrons. The zero-order valence-corrected chi connectivity index (χ0v) is 17.6. The quantitative estimate of drug-likeness (QED) is 0.719. The summed E-state index contributed by atoms with van der Waals surface area (Å²) in [6.45, 7) is 6.96. The molecule has 0 spiro atoms. The van der Waals surface area contributed by atoms with E-state index in [1.165, 1.54) is 68.4 Å². The van der Waals surface area contributed by atoms with Gasteiger partial charge < -0.3 is 9.88 Å². The number of H-pyrrole nitrogens is 1. The van der Waals surface area contributed by atoms with Crippen LogP contribution in [-0.4, -0.2) is 64.0 Å². The Labute approximate surface area is 170 Å². The fourth-order valence-electron chi connectivity index (χ4n) is 4.90. The number of fused-ring (bicyclic) bond motifs is 1. The molecule has 148 valence electrons. The van der Waals surface area contributed by atoms with Gasteiger partial charge in [-0.2, -0.15) is 0 Å². The topological polar surface area (TPSA) is 48.1 Å². The summed E-state index contributed by atoms with van der Waals surface area (Å²) in [6, 6.07) is 3.14. The number of aryl methyl sites for hydroxylation is 1. The number of nitrogens with one attached hydrogen (secondary N) is 1. The molecule has 3 aromatic rings. The van der Waals surface area contributed by atoms with Crippen molar-refractivity contribution < 1.29 is 0 Å². The highest BCUT2D eigenvalue weighted by molar-refractivity contribution is 7.09. The Hall–Kier alpha value is -1.76. The highest BCUT2D eigenvalue weighted by Crippen LogP contribution is 2.37. The average Bonchev–Trinajstić information content (AvgIpc) is 3.34. The minimum Gasteiger partial charge on any atom is -0.345 e. The van der Waals surface area contributed by atoms with Gasteiger partial charge in [0.1, 0.15) is 5.65 Å². The van der Waals surface area contributed by atoms with Crippen LogP contribution in [0.25, 0.3) is 22.3 Å². The van der Waals surface area contributed by atoms with Crippen LogP contribution >= 0.6 is 11.3 Å². The van der Waals surface area contributed by atoms with Crippen LogP contribution in [-0.2, 0) is 0 Å². The van der Waals surface area contributed by atoms with E-state index in [-0.39, 0.29) is 0 Å². The van der Waals surface area contributed by atoms with Gasteiger partial charge in [-0.1, -0.05) is 0 Å². The van der Waals surface area contributed by atoms with Crippen molar-refractivity contribution in [3.8, 4) is 11.3 Å². The molecular formula is C22H29N5S. The van der Waals surface area contributed by atoms with Crippen LogP contribution < -0.4 is 0 Å². The maximum atomic E-state index is 4.73. The number of nitrogens with zero attached hydrogens (tertiary/aromatic N) is 4. The second-order valence-electron chi connectivity index (χ2n) is 8.46. The van der Waals surface area contributed by atoms with Crippen LogP contribution in [0, 0.1) is 6.92 Å². The van der Waals surface area contributed by atoms with Crippen molar-refractivity contribution in [2.45, 2.75) is 44.6 Å². The van der Waals surface area contributed by atoms with E-state index in [1.54, 1.807) is 11.3 Å². The maximum absolute atomic E-state index is 4.73. The lowest BCUT2D eigenvalue weighted by Gasteiger charge is -2.41. The Kier molecular flexibility index (Phi) is 4.95. The first-order valence-electron chi connectivity index (χ1n) is 10.5. The summed E-state index contributed by atoms with van der Waals surface area (Å²) in [6.07, 6.45) is 9.34. The number of pyridine rings is 1. The normalized spacial score (nSPS) is 24.8. The highest BCUT2D eigenvalue weighted by atomic mass is 32.1. The Balaban J connectivity index is 1.32. The van der Waals surface area contributed by atoms with Crippen molar-refractivity contribution >= 4 is 22.4 Å². The van der Waals surface area contributed by atoms with Gasteiger partial charge in [0.2, 0.25) is 0 Å². The molecule has 1 saturated heterocycles. The number of hydrogen-bond donors (Lipinski definition) is 1. The van der Waals surface area contributed by atoms with Crippen molar-refractivity contribution in [3.63, 3.8) is 0 Å². The van der Waals surface area contributed by atoms with Crippen LogP contribution in [0.2, 0.25) is 0 Å². The van der Waals surface area contributed by atoms with Gasteiger partial charge in [-0.05, 0) is 57.2 Å². The number of thiazole rings is 1. The molecule has 2 aliphatic rings. The largest absolute Gasteiger partial charge is 0.345 e. The van der Waals surface area contributed by atoms with Gasteiger partial charge in [-0.3, -0.25) is 4.90 Å². The number of hydrogen-bond acceptors (Lipinski definition) is 5. The predicted molar refractivity (Wildman–Crippen MR) is 116 cm³/mol. The van der Waals surface area contributed by atoms with Gasteiger partial charge in [0, 0.05) is 60.9 Å². The Bertz CT molecular complexity index is 945. The van der Waals surface area contributed by atoms with E-state index in [4.69, 9.17) is 4.98 Å². The molecule has 0 aromatic carbocycles. The van der Waals surface area contributed by atoms with Gasteiger partial charge in [-0.15, -0.1) is 11.3 Å². The van der Waals surface area contributed by atoms with Crippen LogP contribution in [0.1, 0.15) is 42.2 Å². The van der Waals surface area contributed by atoms with Crippen molar-refractivity contribution in [1.29, 1.82) is 0 Å². The van der Waals surface area contributed by atoms with E-state index >= 15 is 0 Å². The first-order valence-corrected chi connectivity index (χ1v) is 11.4. The summed E-state index contributed by atoms with van der Waals surface area (Å²) in [5, 5.41) is 4.46. The molecule has 6 heteroatoms. The highest BCUT2D eigenvalue weighted by Gasteiger charge is 2.28. The van der Waals surface area contributed by atoms with E-state index in [0.29, 0.717) is 5.92 Å². The third kappa shape index (κ3) is 3.49. The van der Waals surface area contributed by atoms with E-state index in [0.717, 1.165) is 22.4 Å². The van der Waals surface area contributed by atoms with Gasteiger partial charge >= 0.3 is 0 Å². The molecule has 0 unspecified atom stereocenters. The fourth-order valence-corrected chi connectivity index (χ4v) is 5.52. The Morgan fingerprint density at radius 2 is 1.89 bits per heavy atom. The van der Waals surface area contributed by atoms with E-state index < -0.39 is 0 Å². The molecular weight excluding hydrogens is 366 g/mol.